The predicted molar refractivity (Wildman–Crippen MR) is 122 cm³/mol. The number of carbonyl (C=O) groups is 2. The molecule has 32 heavy (non-hydrogen) atoms. The molecule has 2 N–H and O–H groups in total. The van der Waals surface area contributed by atoms with Crippen LogP contribution in [0.5, 0.6) is 11.5 Å². The molecular formula is C23H21ClN4O4. The lowest BCUT2D eigenvalue weighted by atomic mass is 10.2. The lowest BCUT2D eigenvalue weighted by Crippen LogP contribution is -2.20. The van der Waals surface area contributed by atoms with Gasteiger partial charge in [0.25, 0.3) is 11.8 Å². The lowest BCUT2D eigenvalue weighted by Gasteiger charge is -2.12. The van der Waals surface area contributed by atoms with Gasteiger partial charge in [0, 0.05) is 23.1 Å². The molecule has 0 saturated heterocycles. The minimum Gasteiger partial charge on any atom is -0.490 e. The van der Waals surface area contributed by atoms with Crippen molar-refractivity contribution in [3.8, 4) is 11.5 Å². The fourth-order valence-electron chi connectivity index (χ4n) is 2.63. The highest BCUT2D eigenvalue weighted by atomic mass is 35.5. The van der Waals surface area contributed by atoms with Crippen LogP contribution < -0.4 is 20.2 Å². The second-order valence-electron chi connectivity index (χ2n) is 6.43. The van der Waals surface area contributed by atoms with E-state index in [0.717, 1.165) is 0 Å². The maximum absolute atomic E-state index is 12.2. The van der Waals surface area contributed by atoms with Gasteiger partial charge in [0.1, 0.15) is 0 Å². The number of benzene rings is 2. The second kappa shape index (κ2) is 11.5. The molecule has 0 radical (unpaired) electrons. The summed E-state index contributed by atoms with van der Waals surface area (Å²) in [6.45, 7) is 2.04. The highest BCUT2D eigenvalue weighted by Crippen LogP contribution is 2.28. The smallest absolute Gasteiger partial charge is 0.272 e. The number of hydrazone groups is 1. The quantitative estimate of drug-likeness (QED) is 0.378. The molecule has 3 aromatic rings. The molecule has 0 bridgehead atoms. The first-order valence-corrected chi connectivity index (χ1v) is 10.1. The Morgan fingerprint density at radius 1 is 1.09 bits per heavy atom. The Morgan fingerprint density at radius 3 is 2.72 bits per heavy atom. The van der Waals surface area contributed by atoms with Crippen LogP contribution in [0.1, 0.15) is 22.8 Å². The number of hydrogen-bond acceptors (Lipinski definition) is 6. The second-order valence-corrected chi connectivity index (χ2v) is 6.86. The monoisotopic (exact) mass is 452 g/mol. The Hall–Kier alpha value is -3.91. The SMILES string of the molecule is CCOc1cc(/C=N/NC(=O)c2cccnc2)ccc1OCC(=O)Nc1cccc(Cl)c1. The van der Waals surface area contributed by atoms with Gasteiger partial charge in [0.2, 0.25) is 0 Å². The summed E-state index contributed by atoms with van der Waals surface area (Å²) in [7, 11) is 0. The number of amides is 2. The number of nitrogens with one attached hydrogen (secondary N) is 2. The third-order valence-electron chi connectivity index (χ3n) is 4.04. The Morgan fingerprint density at radius 2 is 1.97 bits per heavy atom. The van der Waals surface area contributed by atoms with E-state index in [4.69, 9.17) is 21.1 Å². The maximum Gasteiger partial charge on any atom is 0.272 e. The van der Waals surface area contributed by atoms with Gasteiger partial charge >= 0.3 is 0 Å². The van der Waals surface area contributed by atoms with Gasteiger partial charge in [-0.05, 0) is 61.0 Å². The highest BCUT2D eigenvalue weighted by Gasteiger charge is 2.10. The molecule has 1 aromatic heterocycles. The third-order valence-corrected chi connectivity index (χ3v) is 4.27. The Labute approximate surface area is 190 Å². The summed E-state index contributed by atoms with van der Waals surface area (Å²) in [5, 5.41) is 7.19. The zero-order valence-corrected chi connectivity index (χ0v) is 18.0. The number of pyridine rings is 1. The highest BCUT2D eigenvalue weighted by molar-refractivity contribution is 6.30. The van der Waals surface area contributed by atoms with Crippen LogP contribution >= 0.6 is 11.6 Å². The van der Waals surface area contributed by atoms with Gasteiger partial charge in [-0.15, -0.1) is 0 Å². The lowest BCUT2D eigenvalue weighted by molar-refractivity contribution is -0.118. The van der Waals surface area contributed by atoms with Gasteiger partial charge in [0.15, 0.2) is 18.1 Å². The number of aromatic nitrogens is 1. The summed E-state index contributed by atoms with van der Waals surface area (Å²) in [5.74, 6) is 0.152. The standard InChI is InChI=1S/C23H21ClN4O4/c1-2-31-21-11-16(13-26-28-23(30)17-5-4-10-25-14-17)8-9-20(21)32-15-22(29)27-19-7-3-6-18(24)12-19/h3-14H,2,15H2,1H3,(H,27,29)(H,28,30)/b26-13+. The van der Waals surface area contributed by atoms with Gasteiger partial charge in [-0.3, -0.25) is 14.6 Å². The number of hydrogen-bond donors (Lipinski definition) is 2. The van der Waals surface area contributed by atoms with E-state index in [9.17, 15) is 9.59 Å². The molecule has 3 rings (SSSR count). The maximum atomic E-state index is 12.2. The largest absolute Gasteiger partial charge is 0.490 e. The third kappa shape index (κ3) is 6.82. The van der Waals surface area contributed by atoms with E-state index in [1.54, 1.807) is 60.8 Å². The first-order valence-electron chi connectivity index (χ1n) is 9.73. The van der Waals surface area contributed by atoms with E-state index >= 15 is 0 Å². The van der Waals surface area contributed by atoms with Crippen LogP contribution in [0, 0.1) is 0 Å². The van der Waals surface area contributed by atoms with Gasteiger partial charge in [-0.25, -0.2) is 5.43 Å². The zero-order valence-electron chi connectivity index (χ0n) is 17.2. The van der Waals surface area contributed by atoms with Gasteiger partial charge in [0.05, 0.1) is 18.4 Å². The molecule has 8 nitrogen and oxygen atoms in total. The van der Waals surface area contributed by atoms with E-state index in [2.05, 4.69) is 20.8 Å². The van der Waals surface area contributed by atoms with Crippen molar-refractivity contribution in [2.75, 3.05) is 18.5 Å². The van der Waals surface area contributed by atoms with Crippen molar-refractivity contribution in [1.29, 1.82) is 0 Å². The van der Waals surface area contributed by atoms with Crippen LogP contribution in [-0.4, -0.2) is 36.2 Å². The van der Waals surface area contributed by atoms with Gasteiger partial charge in [-0.2, -0.15) is 5.10 Å². The van der Waals surface area contributed by atoms with E-state index in [0.29, 0.717) is 39.9 Å². The van der Waals surface area contributed by atoms with Crippen molar-refractivity contribution < 1.29 is 19.1 Å². The number of halogens is 1. The fourth-order valence-corrected chi connectivity index (χ4v) is 2.82. The molecular weight excluding hydrogens is 432 g/mol. The number of nitrogens with zero attached hydrogens (tertiary/aromatic N) is 2. The molecule has 0 aliphatic rings. The summed E-state index contributed by atoms with van der Waals surface area (Å²) in [6.07, 6.45) is 4.51. The topological polar surface area (TPSA) is 102 Å². The molecule has 9 heteroatoms. The Kier molecular flexibility index (Phi) is 8.16. The van der Waals surface area contributed by atoms with E-state index < -0.39 is 0 Å². The van der Waals surface area contributed by atoms with Crippen LogP contribution in [0.2, 0.25) is 5.02 Å². The van der Waals surface area contributed by atoms with Crippen molar-refractivity contribution >= 4 is 35.3 Å². The molecule has 0 aliphatic carbocycles. The van der Waals surface area contributed by atoms with E-state index in [-0.39, 0.29) is 18.4 Å². The van der Waals surface area contributed by atoms with Crippen LogP contribution in [0.3, 0.4) is 0 Å². The molecule has 0 spiro atoms. The first-order chi connectivity index (χ1) is 15.5. The van der Waals surface area contributed by atoms with Crippen LogP contribution in [-0.2, 0) is 4.79 Å². The molecule has 2 aromatic carbocycles. The van der Waals surface area contributed by atoms with Crippen LogP contribution in [0.15, 0.2) is 72.1 Å². The molecule has 2 amide bonds. The summed E-state index contributed by atoms with van der Waals surface area (Å²) in [5.41, 5.74) is 4.10. The number of rotatable bonds is 9. The number of ether oxygens (including phenoxy) is 2. The predicted octanol–water partition coefficient (Wildman–Crippen LogP) is 3.92. The first kappa shape index (κ1) is 22.8. The molecule has 0 saturated carbocycles. The Bertz CT molecular complexity index is 1110. The van der Waals surface area contributed by atoms with Crippen molar-refractivity contribution in [2.24, 2.45) is 5.10 Å². The average Bonchev–Trinajstić information content (AvgIpc) is 2.79. The number of carbonyl (C=O) groups excluding carboxylic acids is 2. The molecule has 0 fully saturated rings. The summed E-state index contributed by atoms with van der Waals surface area (Å²) in [4.78, 5) is 28.1. The molecule has 0 unspecified atom stereocenters. The van der Waals surface area contributed by atoms with Crippen molar-refractivity contribution in [3.63, 3.8) is 0 Å². The Balaban J connectivity index is 1.59. The molecule has 164 valence electrons. The van der Waals surface area contributed by atoms with E-state index in [1.165, 1.54) is 12.4 Å². The van der Waals surface area contributed by atoms with Crippen molar-refractivity contribution in [3.05, 3.63) is 83.1 Å². The number of anilines is 1. The van der Waals surface area contributed by atoms with Crippen molar-refractivity contribution in [2.45, 2.75) is 6.92 Å². The van der Waals surface area contributed by atoms with Gasteiger partial charge < -0.3 is 14.8 Å². The summed E-state index contributed by atoms with van der Waals surface area (Å²) < 4.78 is 11.2. The molecule has 1 heterocycles. The van der Waals surface area contributed by atoms with Crippen LogP contribution in [0.4, 0.5) is 5.69 Å². The zero-order chi connectivity index (χ0) is 22.8. The molecule has 0 aliphatic heterocycles. The minimum absolute atomic E-state index is 0.207. The summed E-state index contributed by atoms with van der Waals surface area (Å²) in [6, 6.07) is 15.2. The van der Waals surface area contributed by atoms with Gasteiger partial charge in [-0.1, -0.05) is 17.7 Å². The minimum atomic E-state index is -0.370. The fraction of sp³-hybridized carbons (Fsp3) is 0.130. The normalized spacial score (nSPS) is 10.6. The average molecular weight is 453 g/mol. The van der Waals surface area contributed by atoms with Crippen molar-refractivity contribution in [1.82, 2.24) is 10.4 Å². The summed E-state index contributed by atoms with van der Waals surface area (Å²) >= 11 is 5.92. The van der Waals surface area contributed by atoms with Crippen LogP contribution in [0.25, 0.3) is 0 Å². The van der Waals surface area contributed by atoms with E-state index in [1.807, 2.05) is 6.92 Å². The molecule has 0 atom stereocenters.